The van der Waals surface area contributed by atoms with Gasteiger partial charge >= 0.3 is 0 Å². The van der Waals surface area contributed by atoms with Crippen LogP contribution in [0.15, 0.2) is 12.1 Å². The zero-order valence-electron chi connectivity index (χ0n) is 11.3. The first-order valence-electron chi connectivity index (χ1n) is 6.46. The summed E-state index contributed by atoms with van der Waals surface area (Å²) in [5, 5.41) is 0. The molecule has 2 rings (SSSR count). The van der Waals surface area contributed by atoms with Gasteiger partial charge in [0.25, 0.3) is 0 Å². The van der Waals surface area contributed by atoms with Gasteiger partial charge in [-0.3, -0.25) is 9.88 Å². The first-order chi connectivity index (χ1) is 8.58. The Morgan fingerprint density at radius 3 is 2.94 bits per heavy atom. The van der Waals surface area contributed by atoms with Crippen LogP contribution in [0.1, 0.15) is 24.7 Å². The van der Waals surface area contributed by atoms with Crippen LogP contribution in [0.5, 0.6) is 5.75 Å². The number of aromatic nitrogens is 1. The van der Waals surface area contributed by atoms with Gasteiger partial charge in [0, 0.05) is 35.7 Å². The Morgan fingerprint density at radius 1 is 1.50 bits per heavy atom. The van der Waals surface area contributed by atoms with Crippen LogP contribution < -0.4 is 4.74 Å². The number of rotatable bonds is 3. The molecular weight excluding hydrogens is 292 g/mol. The van der Waals surface area contributed by atoms with Crippen LogP contribution in [-0.2, 0) is 6.54 Å². The van der Waals surface area contributed by atoms with Gasteiger partial charge in [0.05, 0.1) is 12.8 Å². The molecule has 18 heavy (non-hydrogen) atoms. The van der Waals surface area contributed by atoms with Gasteiger partial charge < -0.3 is 4.74 Å². The van der Waals surface area contributed by atoms with E-state index in [0.717, 1.165) is 42.7 Å². The average Bonchev–Trinajstić information content (AvgIpc) is 2.33. The number of hydrogen-bond donors (Lipinski definition) is 0. The summed E-state index contributed by atoms with van der Waals surface area (Å²) in [5.74, 6) is 1.67. The summed E-state index contributed by atoms with van der Waals surface area (Å²) in [6.45, 7) is 7.48. The van der Waals surface area contributed by atoms with Gasteiger partial charge in [-0.2, -0.15) is 0 Å². The Labute approximate surface area is 118 Å². The van der Waals surface area contributed by atoms with Crippen molar-refractivity contribution in [1.82, 2.24) is 9.88 Å². The summed E-state index contributed by atoms with van der Waals surface area (Å²) < 4.78 is 5.30. The highest BCUT2D eigenvalue weighted by Gasteiger charge is 2.24. The van der Waals surface area contributed by atoms with Crippen molar-refractivity contribution in [3.8, 4) is 5.75 Å². The quantitative estimate of drug-likeness (QED) is 0.802. The number of methoxy groups -OCH3 is 1. The molecule has 3 nitrogen and oxygen atoms in total. The second kappa shape index (κ2) is 6.02. The Bertz CT molecular complexity index is 411. The van der Waals surface area contributed by atoms with Crippen LogP contribution in [-0.4, -0.2) is 34.9 Å². The van der Waals surface area contributed by atoms with Crippen LogP contribution in [0.25, 0.3) is 0 Å². The highest BCUT2D eigenvalue weighted by molar-refractivity contribution is 9.09. The summed E-state index contributed by atoms with van der Waals surface area (Å²) in [6, 6.07) is 4.00. The molecule has 0 saturated carbocycles. The number of likely N-dealkylation sites (tertiary alicyclic amines) is 1. The lowest BCUT2D eigenvalue weighted by atomic mass is 9.99. The van der Waals surface area contributed by atoms with E-state index in [-0.39, 0.29) is 0 Å². The molecule has 4 heteroatoms. The minimum Gasteiger partial charge on any atom is -0.497 e. The molecule has 1 aromatic heterocycles. The van der Waals surface area contributed by atoms with Crippen LogP contribution >= 0.6 is 15.9 Å². The number of nitrogens with zero attached hydrogens (tertiary/aromatic N) is 2. The summed E-state index contributed by atoms with van der Waals surface area (Å²) in [5.41, 5.74) is 2.12. The predicted octanol–water partition coefficient (Wildman–Crippen LogP) is 3.00. The summed E-state index contributed by atoms with van der Waals surface area (Å²) >= 11 is 3.76. The van der Waals surface area contributed by atoms with Crippen molar-refractivity contribution in [2.75, 3.05) is 20.2 Å². The van der Waals surface area contributed by atoms with Gasteiger partial charge in [-0.25, -0.2) is 0 Å². The Morgan fingerprint density at radius 2 is 2.28 bits per heavy atom. The number of halogens is 1. The molecule has 1 aliphatic heterocycles. The summed E-state index contributed by atoms with van der Waals surface area (Å²) in [7, 11) is 1.70. The van der Waals surface area contributed by atoms with Crippen molar-refractivity contribution in [3.63, 3.8) is 0 Å². The maximum atomic E-state index is 5.30. The molecule has 2 unspecified atom stereocenters. The van der Waals surface area contributed by atoms with Gasteiger partial charge in [-0.05, 0) is 25.8 Å². The van der Waals surface area contributed by atoms with E-state index in [1.165, 1.54) is 6.42 Å². The SMILES string of the molecule is COc1cc(C)nc(CN2CCC(C)C(Br)C2)c1. The fraction of sp³-hybridized carbons (Fsp3) is 0.643. The lowest BCUT2D eigenvalue weighted by Gasteiger charge is -2.34. The second-order valence-corrected chi connectivity index (χ2v) is 6.33. The number of ether oxygens (including phenoxy) is 1. The molecule has 1 aliphatic rings. The van der Waals surface area contributed by atoms with E-state index in [9.17, 15) is 0 Å². The fourth-order valence-corrected chi connectivity index (χ4v) is 3.03. The van der Waals surface area contributed by atoms with E-state index in [1.807, 2.05) is 19.1 Å². The lowest BCUT2D eigenvalue weighted by Crippen LogP contribution is -2.39. The highest BCUT2D eigenvalue weighted by Crippen LogP contribution is 2.24. The smallest absolute Gasteiger partial charge is 0.122 e. The van der Waals surface area contributed by atoms with Crippen molar-refractivity contribution in [2.45, 2.75) is 31.6 Å². The molecule has 0 N–H and O–H groups in total. The monoisotopic (exact) mass is 312 g/mol. The van der Waals surface area contributed by atoms with E-state index < -0.39 is 0 Å². The van der Waals surface area contributed by atoms with Gasteiger partial charge in [0.2, 0.25) is 0 Å². The lowest BCUT2D eigenvalue weighted by molar-refractivity contribution is 0.192. The minimum atomic E-state index is 0.595. The molecule has 1 aromatic rings. The van der Waals surface area contributed by atoms with E-state index >= 15 is 0 Å². The zero-order chi connectivity index (χ0) is 13.1. The van der Waals surface area contributed by atoms with Gasteiger partial charge in [-0.1, -0.05) is 22.9 Å². The Kier molecular flexibility index (Phi) is 4.62. The molecule has 2 heterocycles. The molecule has 2 atom stereocenters. The zero-order valence-corrected chi connectivity index (χ0v) is 12.9. The van der Waals surface area contributed by atoms with Crippen LogP contribution in [0.2, 0.25) is 0 Å². The van der Waals surface area contributed by atoms with Gasteiger partial charge in [0.15, 0.2) is 0 Å². The first kappa shape index (κ1) is 13.8. The fourth-order valence-electron chi connectivity index (χ4n) is 2.36. The minimum absolute atomic E-state index is 0.595. The number of alkyl halides is 1. The van der Waals surface area contributed by atoms with Gasteiger partial charge in [-0.15, -0.1) is 0 Å². The maximum absolute atomic E-state index is 5.30. The summed E-state index contributed by atoms with van der Waals surface area (Å²) in [4.78, 5) is 7.64. The first-order valence-corrected chi connectivity index (χ1v) is 7.38. The van der Waals surface area contributed by atoms with Crippen LogP contribution in [0.4, 0.5) is 0 Å². The van der Waals surface area contributed by atoms with Crippen molar-refractivity contribution in [1.29, 1.82) is 0 Å². The molecule has 0 aliphatic carbocycles. The largest absolute Gasteiger partial charge is 0.497 e. The molecule has 0 amide bonds. The van der Waals surface area contributed by atoms with Crippen molar-refractivity contribution < 1.29 is 4.74 Å². The topological polar surface area (TPSA) is 25.4 Å². The number of hydrogen-bond acceptors (Lipinski definition) is 3. The molecule has 0 aromatic carbocycles. The molecule has 100 valence electrons. The average molecular weight is 313 g/mol. The Balaban J connectivity index is 2.03. The van der Waals surface area contributed by atoms with E-state index in [2.05, 4.69) is 32.7 Å². The predicted molar refractivity (Wildman–Crippen MR) is 77.3 cm³/mol. The molecule has 0 spiro atoms. The van der Waals surface area contributed by atoms with E-state index in [1.54, 1.807) is 7.11 Å². The number of piperidine rings is 1. The normalized spacial score (nSPS) is 25.1. The molecule has 1 saturated heterocycles. The standard InChI is InChI=1S/C14H21BrN2O/c1-10-4-5-17(9-14(10)15)8-12-7-13(18-3)6-11(2)16-12/h6-7,10,14H,4-5,8-9H2,1-3H3. The molecule has 1 fully saturated rings. The number of aryl methyl sites for hydroxylation is 1. The third kappa shape index (κ3) is 3.45. The van der Waals surface area contributed by atoms with Gasteiger partial charge in [0.1, 0.15) is 5.75 Å². The van der Waals surface area contributed by atoms with E-state index in [4.69, 9.17) is 4.74 Å². The summed E-state index contributed by atoms with van der Waals surface area (Å²) in [6.07, 6.45) is 1.25. The second-order valence-electron chi connectivity index (χ2n) is 5.16. The van der Waals surface area contributed by atoms with Crippen molar-refractivity contribution >= 4 is 15.9 Å². The molecular formula is C14H21BrN2O. The van der Waals surface area contributed by atoms with Crippen molar-refractivity contribution in [2.24, 2.45) is 5.92 Å². The van der Waals surface area contributed by atoms with Crippen molar-refractivity contribution in [3.05, 3.63) is 23.5 Å². The third-order valence-electron chi connectivity index (χ3n) is 3.55. The van der Waals surface area contributed by atoms with Crippen LogP contribution in [0.3, 0.4) is 0 Å². The molecule has 0 bridgehead atoms. The van der Waals surface area contributed by atoms with Crippen LogP contribution in [0, 0.1) is 12.8 Å². The number of pyridine rings is 1. The highest BCUT2D eigenvalue weighted by atomic mass is 79.9. The third-order valence-corrected chi connectivity index (χ3v) is 4.74. The van der Waals surface area contributed by atoms with E-state index in [0.29, 0.717) is 4.83 Å². The Hall–Kier alpha value is -0.610. The maximum Gasteiger partial charge on any atom is 0.122 e. The molecule has 0 radical (unpaired) electrons.